The van der Waals surface area contributed by atoms with E-state index in [9.17, 15) is 25.2 Å². The standard InChI is InChI=1S/C21H21N.F6P/c1-16-4-10-19(11-5-16)22(20-12-6-17(2)7-13-20)21-14-8-18(3)9-15-21;1-7(2,3,4,5)6/h4-15H,1-3H3;/q;-1/p+1. The van der Waals surface area contributed by atoms with Crippen LogP contribution in [0.25, 0.3) is 0 Å². The Bertz CT molecular complexity index is 828. The third kappa shape index (κ3) is 9.11. The van der Waals surface area contributed by atoms with E-state index in [1.165, 1.54) is 38.7 Å². The van der Waals surface area contributed by atoms with Crippen molar-refractivity contribution in [3.05, 3.63) is 89.5 Å². The van der Waals surface area contributed by atoms with Gasteiger partial charge in [0.2, 0.25) is 0 Å². The van der Waals surface area contributed by atoms with Gasteiger partial charge in [0.15, 0.2) is 0 Å². The number of hydrogen-bond acceptors (Lipinski definition) is 0. The van der Waals surface area contributed by atoms with Crippen LogP contribution < -0.4 is 4.90 Å². The number of aryl methyl sites for hydroxylation is 3. The van der Waals surface area contributed by atoms with Crippen LogP contribution in [0.3, 0.4) is 0 Å². The first kappa shape index (κ1) is 22.9. The van der Waals surface area contributed by atoms with E-state index in [2.05, 4.69) is 93.6 Å². The summed E-state index contributed by atoms with van der Waals surface area (Å²) >= 11 is 0. The summed E-state index contributed by atoms with van der Waals surface area (Å²) < 4.78 is 59.2. The predicted octanol–water partition coefficient (Wildman–Crippen LogP) is 8.17. The molecule has 0 aliphatic heterocycles. The van der Waals surface area contributed by atoms with Crippen LogP contribution in [0.4, 0.5) is 42.2 Å². The van der Waals surface area contributed by atoms with Crippen molar-refractivity contribution >= 4 is 24.9 Å². The van der Waals surface area contributed by atoms with Crippen molar-refractivity contribution in [3.63, 3.8) is 0 Å². The minimum absolute atomic E-state index is 1.26. The van der Waals surface area contributed by atoms with Gasteiger partial charge in [-0.2, -0.15) is 0 Å². The van der Waals surface area contributed by atoms with Gasteiger partial charge < -0.3 is 0 Å². The van der Waals surface area contributed by atoms with Gasteiger partial charge in [-0.3, -0.25) is 0 Å². The molecule has 0 aromatic heterocycles. The maximum absolute atomic E-state index is 10.7. The van der Waals surface area contributed by atoms with Crippen LogP contribution in [-0.4, -0.2) is 0 Å². The van der Waals surface area contributed by atoms with Crippen LogP contribution >= 0.6 is 7.81 Å². The van der Waals surface area contributed by atoms with Gasteiger partial charge in [-0.25, -0.2) is 4.90 Å². The molecule has 1 N–H and O–H groups in total. The van der Waals surface area contributed by atoms with Crippen LogP contribution in [0.5, 0.6) is 0 Å². The Labute approximate surface area is 165 Å². The van der Waals surface area contributed by atoms with Gasteiger partial charge in [-0.05, 0) is 20.8 Å². The molecule has 0 bridgehead atoms. The molecule has 0 spiro atoms. The fourth-order valence-electron chi connectivity index (χ4n) is 2.66. The van der Waals surface area contributed by atoms with Gasteiger partial charge in [-0.1, -0.05) is 53.1 Å². The number of nitrogens with one attached hydrogen (secondary N) is 1. The number of halogens is 6. The Kier molecular flexibility index (Phi) is 5.90. The first-order chi connectivity index (χ1) is 13.1. The van der Waals surface area contributed by atoms with Gasteiger partial charge in [0.1, 0.15) is 17.1 Å². The first-order valence-electron chi connectivity index (χ1n) is 8.73. The normalized spacial score (nSPS) is 13.9. The second kappa shape index (κ2) is 7.47. The van der Waals surface area contributed by atoms with Crippen molar-refractivity contribution in [2.45, 2.75) is 20.8 Å². The molecule has 0 heterocycles. The quantitative estimate of drug-likeness (QED) is 0.314. The summed E-state index contributed by atoms with van der Waals surface area (Å²) in [5.41, 5.74) is 7.65. The summed E-state index contributed by atoms with van der Waals surface area (Å²) in [6.45, 7) is 6.38. The Morgan fingerprint density at radius 1 is 0.448 bits per heavy atom. The maximum atomic E-state index is 9.87. The Morgan fingerprint density at radius 3 is 0.793 bits per heavy atom. The molecule has 1 nitrogen and oxygen atoms in total. The van der Waals surface area contributed by atoms with E-state index in [0.29, 0.717) is 0 Å². The first-order valence-corrected chi connectivity index (χ1v) is 10.8. The van der Waals surface area contributed by atoms with Crippen molar-refractivity contribution < 1.29 is 30.1 Å². The SMILES string of the molecule is Cc1ccc([NH+](c2ccc(C)cc2)c2ccc(C)cc2)cc1.F[P-](F)(F)(F)(F)F. The van der Waals surface area contributed by atoms with Crippen LogP contribution in [-0.2, 0) is 0 Å². The zero-order valence-electron chi connectivity index (χ0n) is 16.1. The van der Waals surface area contributed by atoms with E-state index < -0.39 is 7.81 Å². The molecule has 8 heteroatoms. The fourth-order valence-corrected chi connectivity index (χ4v) is 2.66. The van der Waals surface area contributed by atoms with Crippen LogP contribution in [0.1, 0.15) is 16.7 Å². The van der Waals surface area contributed by atoms with E-state index in [-0.39, 0.29) is 0 Å². The van der Waals surface area contributed by atoms with Crippen LogP contribution in [0.15, 0.2) is 72.8 Å². The molecule has 0 aliphatic rings. The molecule has 0 amide bonds. The summed E-state index contributed by atoms with van der Waals surface area (Å²) in [5.74, 6) is 0. The molecule has 29 heavy (non-hydrogen) atoms. The van der Waals surface area contributed by atoms with Gasteiger partial charge in [0.05, 0.1) is 0 Å². The molecule has 0 unspecified atom stereocenters. The van der Waals surface area contributed by atoms with E-state index in [0.717, 1.165) is 0 Å². The average Bonchev–Trinajstić information content (AvgIpc) is 2.57. The summed E-state index contributed by atoms with van der Waals surface area (Å²) in [4.78, 5) is 1.29. The number of quaternary nitrogens is 1. The molecule has 0 saturated carbocycles. The Morgan fingerprint density at radius 2 is 0.621 bits per heavy atom. The molecule has 3 rings (SSSR count). The van der Waals surface area contributed by atoms with Gasteiger partial charge in [-0.15, -0.1) is 0 Å². The molecule has 0 saturated heterocycles. The summed E-state index contributed by atoms with van der Waals surface area (Å²) in [7, 11) is -10.7. The Hall–Kier alpha value is -2.37. The van der Waals surface area contributed by atoms with E-state index in [1.54, 1.807) is 0 Å². The molecule has 0 radical (unpaired) electrons. The van der Waals surface area contributed by atoms with Crippen LogP contribution in [0.2, 0.25) is 0 Å². The second-order valence-corrected chi connectivity index (χ2v) is 8.85. The second-order valence-electron chi connectivity index (χ2n) is 6.93. The Balaban J connectivity index is 0.000000370. The molecular weight excluding hydrogens is 411 g/mol. The molecule has 0 fully saturated rings. The van der Waals surface area contributed by atoms with Gasteiger partial charge in [0.25, 0.3) is 0 Å². The average molecular weight is 433 g/mol. The molecule has 0 atom stereocenters. The van der Waals surface area contributed by atoms with E-state index in [4.69, 9.17) is 0 Å². The summed E-state index contributed by atoms with van der Waals surface area (Å²) in [6, 6.07) is 26.3. The topological polar surface area (TPSA) is 4.44 Å². The zero-order valence-corrected chi connectivity index (χ0v) is 17.0. The van der Waals surface area contributed by atoms with Gasteiger partial charge in [0, 0.05) is 36.4 Å². The molecule has 158 valence electrons. The van der Waals surface area contributed by atoms with Gasteiger partial charge >= 0.3 is 33.0 Å². The molecule has 3 aromatic carbocycles. The van der Waals surface area contributed by atoms with Crippen molar-refractivity contribution in [1.82, 2.24) is 0 Å². The predicted molar refractivity (Wildman–Crippen MR) is 107 cm³/mol. The monoisotopic (exact) mass is 433 g/mol. The van der Waals surface area contributed by atoms with E-state index in [1.807, 2.05) is 0 Å². The van der Waals surface area contributed by atoms with Crippen molar-refractivity contribution in [1.29, 1.82) is 0 Å². The number of rotatable bonds is 3. The van der Waals surface area contributed by atoms with Crippen LogP contribution in [0, 0.1) is 20.8 Å². The molecule has 0 aliphatic carbocycles. The third-order valence-electron chi connectivity index (χ3n) is 4.02. The minimum atomic E-state index is -10.7. The third-order valence-corrected chi connectivity index (χ3v) is 4.02. The summed E-state index contributed by atoms with van der Waals surface area (Å²) in [6.07, 6.45) is 0. The van der Waals surface area contributed by atoms with Crippen molar-refractivity contribution in [3.8, 4) is 0 Å². The van der Waals surface area contributed by atoms with Crippen molar-refractivity contribution in [2.24, 2.45) is 0 Å². The molecule has 3 aromatic rings. The van der Waals surface area contributed by atoms with E-state index >= 15 is 0 Å². The fraction of sp³-hybridized carbons (Fsp3) is 0.143. The zero-order chi connectivity index (χ0) is 21.9. The molecular formula is C21H22F6NP. The summed E-state index contributed by atoms with van der Waals surface area (Å²) in [5, 5.41) is 0. The number of benzene rings is 3. The number of hydrogen-bond donors (Lipinski definition) is 1. The van der Waals surface area contributed by atoms with Crippen molar-refractivity contribution in [2.75, 3.05) is 0 Å².